The van der Waals surface area contributed by atoms with Crippen LogP contribution in [0.15, 0.2) is 10.9 Å². The van der Waals surface area contributed by atoms with E-state index in [0.29, 0.717) is 0 Å². The van der Waals surface area contributed by atoms with Crippen molar-refractivity contribution in [3.05, 3.63) is 16.6 Å². The first-order chi connectivity index (χ1) is 7.14. The van der Waals surface area contributed by atoms with Gasteiger partial charge in [0.15, 0.2) is 0 Å². The molecule has 1 heterocycles. The first-order valence-corrected chi connectivity index (χ1v) is 6.41. The molecule has 3 nitrogen and oxygen atoms in total. The van der Waals surface area contributed by atoms with Crippen molar-refractivity contribution < 1.29 is 0 Å². The van der Waals surface area contributed by atoms with Gasteiger partial charge in [-0.05, 0) is 20.4 Å². The highest BCUT2D eigenvalue weighted by atomic mass is 32.1. The summed E-state index contributed by atoms with van der Waals surface area (Å²) in [6.45, 7) is 9.57. The lowest BCUT2D eigenvalue weighted by molar-refractivity contribution is 0.375. The Morgan fingerprint density at radius 2 is 2.27 bits per heavy atom. The fraction of sp³-hybridized carbons (Fsp3) is 0.727. The minimum Gasteiger partial charge on any atom is -0.315 e. The second-order valence-electron chi connectivity index (χ2n) is 4.32. The van der Waals surface area contributed by atoms with Gasteiger partial charge in [0.1, 0.15) is 0 Å². The van der Waals surface area contributed by atoms with Crippen molar-refractivity contribution in [1.82, 2.24) is 15.6 Å². The van der Waals surface area contributed by atoms with E-state index in [1.54, 1.807) is 11.3 Å². The van der Waals surface area contributed by atoms with Crippen LogP contribution in [0.5, 0.6) is 0 Å². The molecule has 0 aliphatic heterocycles. The summed E-state index contributed by atoms with van der Waals surface area (Å²) in [5, 5.41) is 9.00. The number of nitrogens with zero attached hydrogens (tertiary/aromatic N) is 1. The Hall–Kier alpha value is -0.450. The Bertz CT molecular complexity index is 257. The van der Waals surface area contributed by atoms with Gasteiger partial charge in [0.2, 0.25) is 0 Å². The molecule has 0 spiro atoms. The van der Waals surface area contributed by atoms with Gasteiger partial charge < -0.3 is 10.6 Å². The van der Waals surface area contributed by atoms with Crippen LogP contribution in [-0.4, -0.2) is 30.2 Å². The summed E-state index contributed by atoms with van der Waals surface area (Å²) >= 11 is 1.66. The molecule has 4 heteroatoms. The van der Waals surface area contributed by atoms with E-state index in [9.17, 15) is 0 Å². The summed E-state index contributed by atoms with van der Waals surface area (Å²) < 4.78 is 0. The number of aromatic nitrogens is 1. The molecule has 0 bridgehead atoms. The Labute approximate surface area is 96.3 Å². The molecule has 0 atom stereocenters. The lowest BCUT2D eigenvalue weighted by atomic mass is 10.1. The fourth-order valence-corrected chi connectivity index (χ4v) is 2.11. The Morgan fingerprint density at radius 3 is 2.87 bits per heavy atom. The molecular formula is C11H21N3S. The number of hydrogen-bond donors (Lipinski definition) is 2. The first-order valence-electron chi connectivity index (χ1n) is 5.47. The molecule has 1 aromatic heterocycles. The highest BCUT2D eigenvalue weighted by Gasteiger charge is 2.14. The zero-order valence-corrected chi connectivity index (χ0v) is 10.7. The highest BCUT2D eigenvalue weighted by Crippen LogP contribution is 2.02. The van der Waals surface area contributed by atoms with Crippen LogP contribution in [0.2, 0.25) is 0 Å². The van der Waals surface area contributed by atoms with E-state index < -0.39 is 0 Å². The van der Waals surface area contributed by atoms with E-state index in [1.165, 1.54) is 5.69 Å². The van der Waals surface area contributed by atoms with Crippen molar-refractivity contribution in [2.75, 3.05) is 19.6 Å². The van der Waals surface area contributed by atoms with Gasteiger partial charge in [-0.15, -0.1) is 11.3 Å². The SMILES string of the molecule is CCNC(C)(C)CNCCc1cscn1. The monoisotopic (exact) mass is 227 g/mol. The van der Waals surface area contributed by atoms with E-state index in [0.717, 1.165) is 26.1 Å². The third-order valence-electron chi connectivity index (χ3n) is 2.26. The van der Waals surface area contributed by atoms with Crippen molar-refractivity contribution in [3.8, 4) is 0 Å². The molecule has 0 radical (unpaired) electrons. The lowest BCUT2D eigenvalue weighted by Crippen LogP contribution is -2.47. The second-order valence-corrected chi connectivity index (χ2v) is 5.04. The molecule has 0 saturated heterocycles. The van der Waals surface area contributed by atoms with Crippen molar-refractivity contribution in [2.45, 2.75) is 32.7 Å². The number of rotatable bonds is 7. The van der Waals surface area contributed by atoms with Crippen LogP contribution in [-0.2, 0) is 6.42 Å². The van der Waals surface area contributed by atoms with Crippen LogP contribution in [0.1, 0.15) is 26.5 Å². The lowest BCUT2D eigenvalue weighted by Gasteiger charge is -2.26. The second kappa shape index (κ2) is 6.20. The van der Waals surface area contributed by atoms with Crippen LogP contribution in [0.3, 0.4) is 0 Å². The zero-order chi connectivity index (χ0) is 11.1. The molecule has 0 aliphatic carbocycles. The van der Waals surface area contributed by atoms with Gasteiger partial charge in [0.25, 0.3) is 0 Å². The molecule has 15 heavy (non-hydrogen) atoms. The van der Waals surface area contributed by atoms with Crippen molar-refractivity contribution in [3.63, 3.8) is 0 Å². The molecule has 0 amide bonds. The maximum atomic E-state index is 4.25. The summed E-state index contributed by atoms with van der Waals surface area (Å²) in [4.78, 5) is 4.25. The van der Waals surface area contributed by atoms with E-state index in [-0.39, 0.29) is 5.54 Å². The van der Waals surface area contributed by atoms with Gasteiger partial charge in [0.05, 0.1) is 11.2 Å². The first kappa shape index (κ1) is 12.6. The molecule has 0 saturated carbocycles. The Morgan fingerprint density at radius 1 is 1.47 bits per heavy atom. The minimum absolute atomic E-state index is 0.177. The molecule has 0 unspecified atom stereocenters. The largest absolute Gasteiger partial charge is 0.315 e. The topological polar surface area (TPSA) is 37.0 Å². The van der Waals surface area contributed by atoms with Crippen molar-refractivity contribution in [1.29, 1.82) is 0 Å². The number of hydrogen-bond acceptors (Lipinski definition) is 4. The quantitative estimate of drug-likeness (QED) is 0.696. The third-order valence-corrected chi connectivity index (χ3v) is 2.90. The summed E-state index contributed by atoms with van der Waals surface area (Å²) in [5.74, 6) is 0. The molecule has 0 aromatic carbocycles. The molecule has 0 fully saturated rings. The predicted molar refractivity (Wildman–Crippen MR) is 66.4 cm³/mol. The van der Waals surface area contributed by atoms with E-state index in [2.05, 4.69) is 41.8 Å². The smallest absolute Gasteiger partial charge is 0.0794 e. The van der Waals surface area contributed by atoms with Gasteiger partial charge in [-0.3, -0.25) is 0 Å². The molecular weight excluding hydrogens is 206 g/mol. The Kier molecular flexibility index (Phi) is 5.22. The van der Waals surface area contributed by atoms with Crippen LogP contribution in [0.4, 0.5) is 0 Å². The average molecular weight is 227 g/mol. The summed E-state index contributed by atoms with van der Waals surface area (Å²) in [6, 6.07) is 0. The maximum absolute atomic E-state index is 4.25. The zero-order valence-electron chi connectivity index (χ0n) is 9.84. The number of thiazole rings is 1. The minimum atomic E-state index is 0.177. The molecule has 86 valence electrons. The maximum Gasteiger partial charge on any atom is 0.0794 e. The number of likely N-dealkylation sites (N-methyl/N-ethyl adjacent to an activating group) is 1. The molecule has 1 rings (SSSR count). The van der Waals surface area contributed by atoms with Crippen LogP contribution >= 0.6 is 11.3 Å². The van der Waals surface area contributed by atoms with Gasteiger partial charge in [-0.25, -0.2) is 4.98 Å². The van der Waals surface area contributed by atoms with Crippen LogP contribution in [0.25, 0.3) is 0 Å². The highest BCUT2D eigenvalue weighted by molar-refractivity contribution is 7.07. The van der Waals surface area contributed by atoms with Crippen molar-refractivity contribution in [2.24, 2.45) is 0 Å². The summed E-state index contributed by atoms with van der Waals surface area (Å²) in [6.07, 6.45) is 1.02. The van der Waals surface area contributed by atoms with E-state index in [4.69, 9.17) is 0 Å². The Balaban J connectivity index is 2.11. The molecule has 0 aliphatic rings. The summed E-state index contributed by atoms with van der Waals surface area (Å²) in [7, 11) is 0. The average Bonchev–Trinajstić information content (AvgIpc) is 2.65. The molecule has 1 aromatic rings. The number of nitrogens with one attached hydrogen (secondary N) is 2. The van der Waals surface area contributed by atoms with Crippen molar-refractivity contribution >= 4 is 11.3 Å². The van der Waals surface area contributed by atoms with E-state index >= 15 is 0 Å². The molecule has 2 N–H and O–H groups in total. The fourth-order valence-electron chi connectivity index (χ4n) is 1.52. The third kappa shape index (κ3) is 5.25. The van der Waals surface area contributed by atoms with Gasteiger partial charge in [-0.1, -0.05) is 6.92 Å². The van der Waals surface area contributed by atoms with Gasteiger partial charge in [-0.2, -0.15) is 0 Å². The van der Waals surface area contributed by atoms with Crippen LogP contribution < -0.4 is 10.6 Å². The van der Waals surface area contributed by atoms with E-state index in [1.807, 2.05) is 5.51 Å². The van der Waals surface area contributed by atoms with Gasteiger partial charge >= 0.3 is 0 Å². The predicted octanol–water partition coefficient (Wildman–Crippen LogP) is 1.66. The summed E-state index contributed by atoms with van der Waals surface area (Å²) in [5.41, 5.74) is 3.25. The van der Waals surface area contributed by atoms with Gasteiger partial charge in [0, 0.05) is 30.4 Å². The van der Waals surface area contributed by atoms with Crippen LogP contribution in [0, 0.1) is 0 Å². The normalized spacial score (nSPS) is 11.9. The standard InChI is InChI=1S/C11H21N3S/c1-4-14-11(2,3)8-12-6-5-10-7-15-9-13-10/h7,9,12,14H,4-6,8H2,1-3H3.